The summed E-state index contributed by atoms with van der Waals surface area (Å²) in [5, 5.41) is 21.5. The maximum Gasteiger partial charge on any atom is 0.303 e. The quantitative estimate of drug-likeness (QED) is 0.293. The number of thioether (sulfide) groups is 1. The number of carboxylic acid groups (broad SMARTS) is 1. The molecule has 0 radical (unpaired) electrons. The van der Waals surface area contributed by atoms with E-state index in [1.54, 1.807) is 36.4 Å². The SMILES string of the molecule is COc1ccc2nccc([C@H](O)CC[C@@H]3CCN(CCSc4ccc(Cl)s4)C[C@@H]3CC(=O)O)c2c1. The van der Waals surface area contributed by atoms with Gasteiger partial charge in [0.25, 0.3) is 0 Å². The van der Waals surface area contributed by atoms with E-state index in [1.165, 1.54) is 4.21 Å². The van der Waals surface area contributed by atoms with Gasteiger partial charge in [-0.15, -0.1) is 23.1 Å². The van der Waals surface area contributed by atoms with E-state index in [0.717, 1.165) is 64.8 Å². The number of aliphatic carboxylic acids is 1. The molecule has 1 fully saturated rings. The number of benzene rings is 1. The first-order chi connectivity index (χ1) is 16.9. The molecule has 188 valence electrons. The van der Waals surface area contributed by atoms with Crippen LogP contribution in [0.4, 0.5) is 0 Å². The van der Waals surface area contributed by atoms with Crippen LogP contribution < -0.4 is 4.74 Å². The number of aromatic nitrogens is 1. The van der Waals surface area contributed by atoms with E-state index in [4.69, 9.17) is 16.3 Å². The van der Waals surface area contributed by atoms with Gasteiger partial charge < -0.3 is 19.8 Å². The number of hydrogen-bond acceptors (Lipinski definition) is 7. The first kappa shape index (κ1) is 26.2. The van der Waals surface area contributed by atoms with Gasteiger partial charge in [-0.25, -0.2) is 0 Å². The van der Waals surface area contributed by atoms with Crippen LogP contribution in [0.15, 0.2) is 46.8 Å². The van der Waals surface area contributed by atoms with Crippen molar-refractivity contribution in [3.63, 3.8) is 0 Å². The van der Waals surface area contributed by atoms with Crippen molar-refractivity contribution in [2.24, 2.45) is 11.8 Å². The number of carboxylic acids is 1. The Labute approximate surface area is 219 Å². The van der Waals surface area contributed by atoms with Crippen molar-refractivity contribution in [3.05, 3.63) is 52.5 Å². The zero-order valence-corrected chi connectivity index (χ0v) is 22.1. The predicted molar refractivity (Wildman–Crippen MR) is 143 cm³/mol. The molecule has 1 aromatic carbocycles. The van der Waals surface area contributed by atoms with Crippen molar-refractivity contribution in [1.82, 2.24) is 9.88 Å². The second-order valence-corrected chi connectivity index (χ2v) is 12.1. The molecule has 1 aliphatic heterocycles. The molecule has 1 saturated heterocycles. The van der Waals surface area contributed by atoms with Gasteiger partial charge in [0.1, 0.15) is 5.75 Å². The summed E-state index contributed by atoms with van der Waals surface area (Å²) in [6.07, 6.45) is 3.59. The Hall–Kier alpha value is -1.84. The van der Waals surface area contributed by atoms with E-state index >= 15 is 0 Å². The van der Waals surface area contributed by atoms with Crippen LogP contribution in [0.25, 0.3) is 10.9 Å². The number of rotatable bonds is 11. The number of piperidine rings is 1. The molecule has 4 rings (SSSR count). The smallest absolute Gasteiger partial charge is 0.303 e. The molecular weight excluding hydrogens is 504 g/mol. The number of carbonyl (C=O) groups is 1. The summed E-state index contributed by atoms with van der Waals surface area (Å²) in [4.78, 5) is 18.4. The molecule has 0 spiro atoms. The van der Waals surface area contributed by atoms with Crippen LogP contribution in [0, 0.1) is 11.8 Å². The minimum atomic E-state index is -0.753. The van der Waals surface area contributed by atoms with Gasteiger partial charge in [-0.3, -0.25) is 9.78 Å². The number of halogens is 1. The maximum absolute atomic E-state index is 11.6. The van der Waals surface area contributed by atoms with Gasteiger partial charge in [0.15, 0.2) is 0 Å². The molecule has 9 heteroatoms. The average Bonchev–Trinajstić information content (AvgIpc) is 3.27. The van der Waals surface area contributed by atoms with E-state index in [2.05, 4.69) is 9.88 Å². The lowest BCUT2D eigenvalue weighted by molar-refractivity contribution is -0.139. The van der Waals surface area contributed by atoms with Crippen molar-refractivity contribution in [3.8, 4) is 5.75 Å². The summed E-state index contributed by atoms with van der Waals surface area (Å²) in [5.41, 5.74) is 1.66. The zero-order valence-electron chi connectivity index (χ0n) is 19.7. The number of ether oxygens (including phenoxy) is 1. The standard InChI is InChI=1S/C26H31ClN2O4S2/c1-33-19-3-4-22-21(15-19)20(8-10-28-22)23(30)5-2-17-9-11-29(16-18(17)14-25(31)32)12-13-34-26-7-6-24(27)35-26/h3-4,6-8,10,15,17-18,23,30H,2,5,9,11-14,16H2,1H3,(H,31,32)/t17-,18+,23-/m1/s1. The molecule has 3 heterocycles. The molecule has 1 aliphatic rings. The largest absolute Gasteiger partial charge is 0.497 e. The molecule has 0 saturated carbocycles. The molecule has 6 nitrogen and oxygen atoms in total. The lowest BCUT2D eigenvalue weighted by atomic mass is 9.79. The van der Waals surface area contributed by atoms with Gasteiger partial charge in [0, 0.05) is 36.8 Å². The van der Waals surface area contributed by atoms with Gasteiger partial charge in [-0.2, -0.15) is 0 Å². The topological polar surface area (TPSA) is 82.9 Å². The van der Waals surface area contributed by atoms with Gasteiger partial charge in [0.05, 0.1) is 27.3 Å². The summed E-state index contributed by atoms with van der Waals surface area (Å²) in [6.45, 7) is 2.67. The van der Waals surface area contributed by atoms with Crippen LogP contribution >= 0.6 is 34.7 Å². The van der Waals surface area contributed by atoms with Crippen molar-refractivity contribution < 1.29 is 19.7 Å². The second-order valence-electron chi connectivity index (χ2n) is 8.99. The minimum absolute atomic E-state index is 0.0870. The molecule has 3 aromatic rings. The third-order valence-corrected chi connectivity index (χ3v) is 9.20. The Morgan fingerprint density at radius 1 is 1.31 bits per heavy atom. The number of thiophene rings is 1. The summed E-state index contributed by atoms with van der Waals surface area (Å²) >= 11 is 9.40. The highest BCUT2D eigenvalue weighted by Gasteiger charge is 2.31. The molecular formula is C26H31ClN2O4S2. The van der Waals surface area contributed by atoms with Crippen LogP contribution in [-0.2, 0) is 4.79 Å². The number of likely N-dealkylation sites (tertiary alicyclic amines) is 1. The molecule has 3 atom stereocenters. The maximum atomic E-state index is 11.6. The first-order valence-corrected chi connectivity index (χ1v) is 14.0. The number of hydrogen-bond donors (Lipinski definition) is 2. The average molecular weight is 535 g/mol. The third kappa shape index (κ3) is 7.11. The lowest BCUT2D eigenvalue weighted by Crippen LogP contribution is -2.42. The molecule has 0 bridgehead atoms. The molecule has 0 aliphatic carbocycles. The highest BCUT2D eigenvalue weighted by atomic mass is 35.5. The predicted octanol–water partition coefficient (Wildman–Crippen LogP) is 5.98. The van der Waals surface area contributed by atoms with E-state index in [0.29, 0.717) is 6.42 Å². The third-order valence-electron chi connectivity index (χ3n) is 6.77. The fourth-order valence-electron chi connectivity index (χ4n) is 4.94. The van der Waals surface area contributed by atoms with E-state index in [-0.39, 0.29) is 18.3 Å². The molecule has 0 amide bonds. The van der Waals surface area contributed by atoms with Crippen molar-refractivity contribution in [1.29, 1.82) is 0 Å². The minimum Gasteiger partial charge on any atom is -0.497 e. The van der Waals surface area contributed by atoms with E-state index in [1.807, 2.05) is 36.4 Å². The number of methoxy groups -OCH3 is 1. The van der Waals surface area contributed by atoms with Gasteiger partial charge in [-0.1, -0.05) is 11.6 Å². The Morgan fingerprint density at radius 3 is 2.91 bits per heavy atom. The van der Waals surface area contributed by atoms with Crippen LogP contribution in [0.5, 0.6) is 5.75 Å². The Kier molecular flexibility index (Phi) is 9.30. The van der Waals surface area contributed by atoms with E-state index < -0.39 is 12.1 Å². The molecule has 2 aromatic heterocycles. The summed E-state index contributed by atoms with van der Waals surface area (Å²) in [5.74, 6) is 1.30. The number of aliphatic hydroxyl groups excluding tert-OH is 1. The summed E-state index contributed by atoms with van der Waals surface area (Å²) < 4.78 is 7.36. The lowest BCUT2D eigenvalue weighted by Gasteiger charge is -2.38. The normalized spacial score (nSPS) is 19.6. The van der Waals surface area contributed by atoms with Crippen LogP contribution in [0.3, 0.4) is 0 Å². The van der Waals surface area contributed by atoms with Gasteiger partial charge in [0.2, 0.25) is 0 Å². The van der Waals surface area contributed by atoms with Crippen LogP contribution in [0.2, 0.25) is 4.34 Å². The van der Waals surface area contributed by atoms with Crippen molar-refractivity contribution in [2.75, 3.05) is 32.5 Å². The van der Waals surface area contributed by atoms with Crippen LogP contribution in [0.1, 0.15) is 37.4 Å². The monoisotopic (exact) mass is 534 g/mol. The van der Waals surface area contributed by atoms with E-state index in [9.17, 15) is 15.0 Å². The molecule has 2 N–H and O–H groups in total. The highest BCUT2D eigenvalue weighted by Crippen LogP contribution is 2.35. The Morgan fingerprint density at radius 2 is 2.17 bits per heavy atom. The molecule has 0 unspecified atom stereocenters. The zero-order chi connectivity index (χ0) is 24.8. The number of pyridine rings is 1. The first-order valence-electron chi connectivity index (χ1n) is 11.9. The number of nitrogens with zero attached hydrogens (tertiary/aromatic N) is 2. The fourth-order valence-corrected chi connectivity index (χ4v) is 7.32. The van der Waals surface area contributed by atoms with Gasteiger partial charge in [-0.05, 0) is 79.6 Å². The fraction of sp³-hybridized carbons (Fsp3) is 0.462. The van der Waals surface area contributed by atoms with Gasteiger partial charge >= 0.3 is 5.97 Å². The highest BCUT2D eigenvalue weighted by molar-refractivity contribution is 8.01. The number of fused-ring (bicyclic) bond motifs is 1. The molecule has 35 heavy (non-hydrogen) atoms. The summed E-state index contributed by atoms with van der Waals surface area (Å²) in [7, 11) is 1.62. The van der Waals surface area contributed by atoms with Crippen molar-refractivity contribution >= 4 is 51.6 Å². The summed E-state index contributed by atoms with van der Waals surface area (Å²) in [6, 6.07) is 11.5. The second kappa shape index (κ2) is 12.4. The number of aliphatic hydroxyl groups is 1. The Bertz CT molecular complexity index is 1140. The van der Waals surface area contributed by atoms with Crippen LogP contribution in [-0.4, -0.2) is 58.6 Å². The Balaban J connectivity index is 1.35. The van der Waals surface area contributed by atoms with Crippen molar-refractivity contribution in [2.45, 2.75) is 36.0 Å².